The van der Waals surface area contributed by atoms with Gasteiger partial charge in [0.25, 0.3) is 0 Å². The average molecular weight is 1250 g/mol. The summed E-state index contributed by atoms with van der Waals surface area (Å²) in [5.41, 5.74) is 17.6. The van der Waals surface area contributed by atoms with Gasteiger partial charge in [-0.3, -0.25) is 34.9 Å². The van der Waals surface area contributed by atoms with Crippen LogP contribution in [0.25, 0.3) is 0 Å². The Morgan fingerprint density at radius 3 is 1.30 bits per heavy atom. The highest BCUT2D eigenvalue weighted by molar-refractivity contribution is 5.83. The van der Waals surface area contributed by atoms with Crippen molar-refractivity contribution in [2.24, 2.45) is 69.9 Å². The minimum absolute atomic E-state index is 0.429. The van der Waals surface area contributed by atoms with E-state index in [-0.39, 0.29) is 0 Å². The molecule has 24 heteroatoms. The highest BCUT2D eigenvalue weighted by atomic mass is 16.5. The standard InChI is InChI=1S/C23H42N4.C14H30N6O2.2C14H30N6/c1-3-12-27-13-11-25-23(27)26-22-10-6-9-20(17-22)15-18-7-5-8-19(14-18)16-21(24)4-2;1-3-7-20-8-4-18-14(20)19-6-10-22-12-11-21-9-5-17-13(15)16-2;2*1-3-11-20-12-10-19-14(20)18-9-7-5-4-6-8-17-13(15)16-2/h18-20,22,24H,3-17H2,1-2H3,(H,25,26);3-12H2,1-2H3,(H,18,19)(H3,15,16,17);2*3-12H2,1-2H3,(H,18,19)(H3,15,16,17). The number of unbranched alkanes of at least 4 members (excludes halogenated alkanes) is 6. The summed E-state index contributed by atoms with van der Waals surface area (Å²) in [4.78, 5) is 39.1. The van der Waals surface area contributed by atoms with Gasteiger partial charge in [-0.2, -0.15) is 0 Å². The number of nitrogens with one attached hydrogen (secondary N) is 8. The summed E-state index contributed by atoms with van der Waals surface area (Å²) in [6, 6.07) is 0.632. The number of aliphatic imine (C=N–C) groups is 7. The molecule has 2 saturated carbocycles. The zero-order chi connectivity index (χ0) is 64.4. The lowest BCUT2D eigenvalue weighted by Gasteiger charge is -2.36. The van der Waals surface area contributed by atoms with Gasteiger partial charge in [-0.1, -0.05) is 92.4 Å². The summed E-state index contributed by atoms with van der Waals surface area (Å²) >= 11 is 0. The van der Waals surface area contributed by atoms with Crippen molar-refractivity contribution in [3.8, 4) is 0 Å². The zero-order valence-electron chi connectivity index (χ0n) is 57.6. The molecular formula is C65H132N22O2. The van der Waals surface area contributed by atoms with Crippen molar-refractivity contribution in [1.82, 2.24) is 56.8 Å². The lowest BCUT2D eigenvalue weighted by molar-refractivity contribution is 0.0517. The second-order valence-corrected chi connectivity index (χ2v) is 24.4. The van der Waals surface area contributed by atoms with Gasteiger partial charge in [0.2, 0.25) is 0 Å². The fourth-order valence-corrected chi connectivity index (χ4v) is 12.2. The Hall–Kier alpha value is -5.52. The summed E-state index contributed by atoms with van der Waals surface area (Å²) in [7, 11) is 5.03. The number of nitrogens with two attached hydrogens (primary N) is 3. The number of hydrogen-bond acceptors (Lipinski definition) is 18. The van der Waals surface area contributed by atoms with Crippen molar-refractivity contribution in [1.29, 1.82) is 5.41 Å². The second-order valence-electron chi connectivity index (χ2n) is 24.4. The van der Waals surface area contributed by atoms with Gasteiger partial charge in [-0.05, 0) is 108 Å². The maximum atomic E-state index is 8.05. The molecule has 0 bridgehead atoms. The van der Waals surface area contributed by atoms with Gasteiger partial charge in [0.05, 0.1) is 52.6 Å². The molecule has 2 aliphatic carbocycles. The van der Waals surface area contributed by atoms with Crippen LogP contribution < -0.4 is 54.4 Å². The van der Waals surface area contributed by atoms with E-state index in [2.05, 4.69) is 121 Å². The third kappa shape index (κ3) is 36.2. The normalized spacial score (nSPS) is 20.2. The Bertz CT molecular complexity index is 1970. The lowest BCUT2D eigenvalue weighted by atomic mass is 9.72. The molecule has 0 saturated heterocycles. The van der Waals surface area contributed by atoms with Crippen LogP contribution in [0, 0.1) is 23.2 Å². The Balaban J connectivity index is 0.000000313. The maximum Gasteiger partial charge on any atom is 0.194 e. The van der Waals surface area contributed by atoms with E-state index in [9.17, 15) is 0 Å². The van der Waals surface area contributed by atoms with Crippen LogP contribution in [0.15, 0.2) is 34.9 Å². The molecule has 4 atom stereocenters. The monoisotopic (exact) mass is 1250 g/mol. The molecule has 0 aromatic carbocycles. The van der Waals surface area contributed by atoms with Crippen molar-refractivity contribution in [3.63, 3.8) is 0 Å². The first kappa shape index (κ1) is 77.7. The van der Waals surface area contributed by atoms with E-state index in [1.165, 1.54) is 122 Å². The molecule has 0 spiro atoms. The van der Waals surface area contributed by atoms with E-state index in [0.29, 0.717) is 56.9 Å². The summed E-state index contributed by atoms with van der Waals surface area (Å²) in [5, 5.41) is 31.2. The predicted molar refractivity (Wildman–Crippen MR) is 377 cm³/mol. The largest absolute Gasteiger partial charge is 0.377 e. The topological polar surface area (TPSA) is 304 Å². The molecule has 514 valence electrons. The minimum atomic E-state index is 0.429. The van der Waals surface area contributed by atoms with Gasteiger partial charge in [0.1, 0.15) is 0 Å². The number of ether oxygens (including phenoxy) is 2. The number of rotatable bonds is 37. The SMILES string of the molecule is CCCN1CCN=C1NC1CCCC(CC2CCCC(CC(=N)CC)C2)C1.CCCN1CCN=C1NCCCCCCNC(N)=NC.CCCN1CCN=C1NCCCCCCNC(N)=NC.CCCN1CCN=C1NCCOCCOCCNC(N)=NC. The molecule has 2 fully saturated rings. The number of nitrogens with zero attached hydrogens (tertiary/aromatic N) is 11. The Labute approximate surface area is 540 Å². The molecular weight excluding hydrogens is 1120 g/mol. The molecule has 6 rings (SSSR count). The molecule has 14 N–H and O–H groups in total. The summed E-state index contributed by atoms with van der Waals surface area (Å²) < 4.78 is 10.9. The molecule has 0 aromatic heterocycles. The van der Waals surface area contributed by atoms with E-state index in [1.807, 2.05) is 0 Å². The Morgan fingerprint density at radius 2 is 0.854 bits per heavy atom. The lowest BCUT2D eigenvalue weighted by Crippen LogP contribution is -2.45. The summed E-state index contributed by atoms with van der Waals surface area (Å²) in [6.07, 6.45) is 28.7. The Morgan fingerprint density at radius 1 is 0.472 bits per heavy atom. The van der Waals surface area contributed by atoms with E-state index in [0.717, 1.165) is 185 Å². The van der Waals surface area contributed by atoms with Crippen LogP contribution in [0.2, 0.25) is 0 Å². The van der Waals surface area contributed by atoms with Gasteiger partial charge in [0.15, 0.2) is 41.7 Å². The maximum absolute atomic E-state index is 8.05. The molecule has 4 aliphatic heterocycles. The average Bonchev–Trinajstić information content (AvgIpc) is 4.55. The number of hydrogen-bond donors (Lipinski definition) is 11. The Kier molecular flexibility index (Phi) is 44.7. The molecule has 6 aliphatic rings. The van der Waals surface area contributed by atoms with Crippen LogP contribution in [0.3, 0.4) is 0 Å². The van der Waals surface area contributed by atoms with E-state index < -0.39 is 0 Å². The van der Waals surface area contributed by atoms with Crippen molar-refractivity contribution >= 4 is 47.4 Å². The second kappa shape index (κ2) is 51.1. The van der Waals surface area contributed by atoms with Crippen LogP contribution in [-0.2, 0) is 9.47 Å². The minimum Gasteiger partial charge on any atom is -0.377 e. The molecule has 0 radical (unpaired) electrons. The first-order chi connectivity index (χ1) is 43.5. The van der Waals surface area contributed by atoms with Crippen molar-refractivity contribution in [3.05, 3.63) is 0 Å². The van der Waals surface area contributed by atoms with Crippen molar-refractivity contribution in [2.45, 2.75) is 188 Å². The smallest absolute Gasteiger partial charge is 0.194 e. The zero-order valence-corrected chi connectivity index (χ0v) is 57.6. The molecule has 89 heavy (non-hydrogen) atoms. The van der Waals surface area contributed by atoms with E-state index in [1.54, 1.807) is 21.1 Å². The van der Waals surface area contributed by atoms with Gasteiger partial charge in [-0.15, -0.1) is 0 Å². The van der Waals surface area contributed by atoms with Crippen LogP contribution in [-0.4, -0.2) is 238 Å². The highest BCUT2D eigenvalue weighted by Crippen LogP contribution is 2.38. The molecule has 24 nitrogen and oxygen atoms in total. The highest BCUT2D eigenvalue weighted by Gasteiger charge is 2.30. The molecule has 0 aromatic rings. The summed E-state index contributed by atoms with van der Waals surface area (Å²) in [5.74, 6) is 8.47. The van der Waals surface area contributed by atoms with E-state index >= 15 is 0 Å². The third-order valence-electron chi connectivity index (χ3n) is 16.9. The van der Waals surface area contributed by atoms with Gasteiger partial charge < -0.3 is 88.9 Å². The van der Waals surface area contributed by atoms with Crippen LogP contribution >= 0.6 is 0 Å². The number of guanidine groups is 7. The van der Waals surface area contributed by atoms with Crippen LogP contribution in [0.4, 0.5) is 0 Å². The van der Waals surface area contributed by atoms with Crippen molar-refractivity contribution < 1.29 is 9.47 Å². The molecule has 4 unspecified atom stereocenters. The van der Waals surface area contributed by atoms with Crippen LogP contribution in [0.5, 0.6) is 0 Å². The predicted octanol–water partition coefficient (Wildman–Crippen LogP) is 5.96. The van der Waals surface area contributed by atoms with E-state index in [4.69, 9.17) is 37.1 Å². The first-order valence-corrected chi connectivity index (χ1v) is 35.3. The fourth-order valence-electron chi connectivity index (χ4n) is 12.2. The first-order valence-electron chi connectivity index (χ1n) is 35.3. The summed E-state index contributed by atoms with van der Waals surface area (Å²) in [6.45, 7) is 31.1. The molecule has 4 heterocycles. The van der Waals surface area contributed by atoms with Gasteiger partial charge in [-0.25, -0.2) is 0 Å². The fraction of sp³-hybridized carbons (Fsp3) is 0.877. The van der Waals surface area contributed by atoms with Gasteiger partial charge in [0, 0.05) is 125 Å². The van der Waals surface area contributed by atoms with Gasteiger partial charge >= 0.3 is 0 Å². The third-order valence-corrected chi connectivity index (χ3v) is 16.9. The molecule has 0 amide bonds. The quantitative estimate of drug-likeness (QED) is 0.0194. The van der Waals surface area contributed by atoms with Crippen LogP contribution in [0.1, 0.15) is 182 Å². The van der Waals surface area contributed by atoms with Crippen molar-refractivity contribution in [2.75, 3.05) is 165 Å².